The van der Waals surface area contributed by atoms with E-state index in [1.165, 1.54) is 4.90 Å². The number of aliphatic imine (C=N–C) groups is 1. The van der Waals surface area contributed by atoms with Crippen LogP contribution in [0.4, 0.5) is 24.5 Å². The van der Waals surface area contributed by atoms with Gasteiger partial charge in [-0.1, -0.05) is 35.5 Å². The molecular weight excluding hydrogens is 511 g/mol. The number of amides is 1. The predicted octanol–water partition coefficient (Wildman–Crippen LogP) is 4.69. The van der Waals surface area contributed by atoms with Crippen molar-refractivity contribution in [3.05, 3.63) is 58.1 Å². The van der Waals surface area contributed by atoms with Gasteiger partial charge in [0.15, 0.2) is 15.0 Å². The predicted molar refractivity (Wildman–Crippen MR) is 130 cm³/mol. The van der Waals surface area contributed by atoms with E-state index in [2.05, 4.69) is 10.3 Å². The van der Waals surface area contributed by atoms with Gasteiger partial charge in [0.25, 0.3) is 0 Å². The van der Waals surface area contributed by atoms with Gasteiger partial charge in [-0.3, -0.25) is 9.79 Å². The van der Waals surface area contributed by atoms with Crippen LogP contribution >= 0.6 is 23.4 Å². The third kappa shape index (κ3) is 5.06. The molecule has 1 N–H and O–H groups in total. The van der Waals surface area contributed by atoms with Crippen molar-refractivity contribution < 1.29 is 26.4 Å². The average Bonchev–Trinajstić information content (AvgIpc) is 3.20. The van der Waals surface area contributed by atoms with Crippen LogP contribution in [-0.2, 0) is 20.8 Å². The van der Waals surface area contributed by atoms with Crippen molar-refractivity contribution >= 4 is 55.6 Å². The number of sulfone groups is 1. The number of thioether (sulfide) groups is 1. The SMILES string of the molecule is Cc1cccc(NC(=O)CSC2=N[C@H]3CS(=O)(=O)C[C@H]3N2c2cc(C(F)(F)F)ccc2Cl)c1C. The summed E-state index contributed by atoms with van der Waals surface area (Å²) >= 11 is 7.29. The third-order valence-corrected chi connectivity index (χ3v) is 8.84. The molecule has 182 valence electrons. The lowest BCUT2D eigenvalue weighted by molar-refractivity contribution is -0.137. The molecule has 1 saturated heterocycles. The van der Waals surface area contributed by atoms with E-state index in [9.17, 15) is 26.4 Å². The summed E-state index contributed by atoms with van der Waals surface area (Å²) in [6, 6.07) is 7.10. The van der Waals surface area contributed by atoms with E-state index in [-0.39, 0.29) is 39.0 Å². The second-order valence-corrected chi connectivity index (χ2v) is 11.7. The van der Waals surface area contributed by atoms with Crippen molar-refractivity contribution in [3.8, 4) is 0 Å². The Morgan fingerprint density at radius 1 is 1.24 bits per heavy atom. The van der Waals surface area contributed by atoms with Crippen LogP contribution in [0.1, 0.15) is 16.7 Å². The number of halogens is 4. The van der Waals surface area contributed by atoms with Gasteiger partial charge in [-0.05, 0) is 49.2 Å². The Balaban J connectivity index is 1.60. The lowest BCUT2D eigenvalue weighted by atomic mass is 10.1. The van der Waals surface area contributed by atoms with Crippen molar-refractivity contribution in [1.82, 2.24) is 0 Å². The highest BCUT2D eigenvalue weighted by Crippen LogP contribution is 2.41. The normalized spacial score (nSPS) is 21.4. The average molecular weight is 532 g/mol. The number of amidine groups is 1. The highest BCUT2D eigenvalue weighted by atomic mass is 35.5. The summed E-state index contributed by atoms with van der Waals surface area (Å²) in [7, 11) is -3.40. The Morgan fingerprint density at radius 2 is 1.97 bits per heavy atom. The topological polar surface area (TPSA) is 78.8 Å². The molecule has 0 unspecified atom stereocenters. The number of carbonyl (C=O) groups is 1. The fourth-order valence-corrected chi connectivity index (χ4v) is 6.96. The molecule has 1 amide bonds. The summed E-state index contributed by atoms with van der Waals surface area (Å²) < 4.78 is 64.4. The van der Waals surface area contributed by atoms with Crippen molar-refractivity contribution in [3.63, 3.8) is 0 Å². The molecule has 12 heteroatoms. The van der Waals surface area contributed by atoms with E-state index in [1.54, 1.807) is 6.07 Å². The quantitative estimate of drug-likeness (QED) is 0.619. The molecule has 0 aromatic heterocycles. The van der Waals surface area contributed by atoms with Crippen LogP contribution in [0.3, 0.4) is 0 Å². The van der Waals surface area contributed by atoms with Gasteiger partial charge < -0.3 is 10.2 Å². The number of hydrogen-bond donors (Lipinski definition) is 1. The molecule has 6 nitrogen and oxygen atoms in total. The highest BCUT2D eigenvalue weighted by Gasteiger charge is 2.48. The lowest BCUT2D eigenvalue weighted by Crippen LogP contribution is -2.39. The van der Waals surface area contributed by atoms with Crippen molar-refractivity contribution in [2.75, 3.05) is 27.5 Å². The third-order valence-electron chi connectivity index (χ3n) is 5.85. The van der Waals surface area contributed by atoms with Gasteiger partial charge in [-0.15, -0.1) is 0 Å². The van der Waals surface area contributed by atoms with Crippen molar-refractivity contribution in [1.29, 1.82) is 0 Å². The van der Waals surface area contributed by atoms with Crippen molar-refractivity contribution in [2.24, 2.45) is 4.99 Å². The Kier molecular flexibility index (Phi) is 6.65. The summed E-state index contributed by atoms with van der Waals surface area (Å²) in [4.78, 5) is 18.5. The summed E-state index contributed by atoms with van der Waals surface area (Å²) in [5, 5.41) is 3.13. The number of alkyl halides is 3. The fourth-order valence-electron chi connectivity index (χ4n) is 3.99. The smallest absolute Gasteiger partial charge is 0.325 e. The maximum absolute atomic E-state index is 13.4. The molecule has 0 aliphatic carbocycles. The molecule has 0 saturated carbocycles. The first-order valence-corrected chi connectivity index (χ1v) is 13.5. The van der Waals surface area contributed by atoms with Gasteiger partial charge in [0.05, 0.1) is 45.6 Å². The van der Waals surface area contributed by atoms with Crippen LogP contribution in [0.15, 0.2) is 41.4 Å². The molecule has 2 aromatic rings. The Hall–Kier alpha value is -2.24. The largest absolute Gasteiger partial charge is 0.416 e. The molecule has 4 rings (SSSR count). The first-order chi connectivity index (χ1) is 15.9. The van der Waals surface area contributed by atoms with Gasteiger partial charge in [0.2, 0.25) is 5.91 Å². The fraction of sp³-hybridized carbons (Fsp3) is 0.364. The van der Waals surface area contributed by atoms with Gasteiger partial charge in [0, 0.05) is 5.69 Å². The molecule has 2 aliphatic heterocycles. The van der Waals surface area contributed by atoms with E-state index < -0.39 is 33.7 Å². The Bertz CT molecular complexity index is 1280. The van der Waals surface area contributed by atoms with E-state index >= 15 is 0 Å². The highest BCUT2D eigenvalue weighted by molar-refractivity contribution is 8.14. The van der Waals surface area contributed by atoms with Crippen LogP contribution in [0.2, 0.25) is 5.02 Å². The molecule has 0 bridgehead atoms. The minimum atomic E-state index is -4.60. The van der Waals surface area contributed by atoms with Crippen LogP contribution in [0.25, 0.3) is 0 Å². The molecule has 2 aliphatic rings. The van der Waals surface area contributed by atoms with Gasteiger partial charge in [-0.25, -0.2) is 8.42 Å². The molecule has 2 atom stereocenters. The van der Waals surface area contributed by atoms with Crippen LogP contribution < -0.4 is 10.2 Å². The second-order valence-electron chi connectivity index (χ2n) is 8.24. The van der Waals surface area contributed by atoms with Crippen LogP contribution in [0.5, 0.6) is 0 Å². The number of nitrogens with one attached hydrogen (secondary N) is 1. The number of anilines is 2. The van der Waals surface area contributed by atoms with E-state index in [1.807, 2.05) is 26.0 Å². The van der Waals surface area contributed by atoms with Crippen LogP contribution in [0, 0.1) is 13.8 Å². The zero-order valence-corrected chi connectivity index (χ0v) is 20.6. The molecule has 0 spiro atoms. The lowest BCUT2D eigenvalue weighted by Gasteiger charge is -2.28. The number of rotatable bonds is 4. The van der Waals surface area contributed by atoms with Crippen LogP contribution in [-0.4, -0.2) is 48.8 Å². The monoisotopic (exact) mass is 531 g/mol. The standard InChI is InChI=1S/C22H21ClF3N3O3S2/c1-12-4-3-5-16(13(12)2)27-20(30)9-33-21-28-17-10-34(31,32)11-19(17)29(21)18-8-14(22(24,25)26)6-7-15(18)23/h3-8,17,19H,9-11H2,1-2H3,(H,27,30)/t17-,19+/m0/s1. The minimum Gasteiger partial charge on any atom is -0.325 e. The molecular formula is C22H21ClF3N3O3S2. The molecule has 2 aromatic carbocycles. The number of hydrogen-bond acceptors (Lipinski definition) is 6. The van der Waals surface area contributed by atoms with Gasteiger partial charge in [-0.2, -0.15) is 13.2 Å². The number of nitrogens with zero attached hydrogens (tertiary/aromatic N) is 2. The summed E-state index contributed by atoms with van der Waals surface area (Å²) in [5.74, 6) is -0.845. The van der Waals surface area contributed by atoms with Gasteiger partial charge >= 0.3 is 6.18 Å². The van der Waals surface area contributed by atoms with Crippen molar-refractivity contribution in [2.45, 2.75) is 32.1 Å². The zero-order chi connectivity index (χ0) is 24.8. The minimum absolute atomic E-state index is 0.0160. The summed E-state index contributed by atoms with van der Waals surface area (Å²) in [6.07, 6.45) is -4.60. The first kappa shape index (κ1) is 24.9. The number of fused-ring (bicyclic) bond motifs is 1. The molecule has 0 radical (unpaired) electrons. The molecule has 2 heterocycles. The molecule has 1 fully saturated rings. The van der Waals surface area contributed by atoms with E-state index in [0.29, 0.717) is 5.69 Å². The zero-order valence-electron chi connectivity index (χ0n) is 18.2. The number of carbonyl (C=O) groups excluding carboxylic acids is 1. The second kappa shape index (κ2) is 9.09. The summed E-state index contributed by atoms with van der Waals surface area (Å²) in [6.45, 7) is 3.81. The van der Waals surface area contributed by atoms with E-state index in [0.717, 1.165) is 41.1 Å². The summed E-state index contributed by atoms with van der Waals surface area (Å²) in [5.41, 5.74) is 1.72. The number of benzene rings is 2. The maximum atomic E-state index is 13.4. The van der Waals surface area contributed by atoms with E-state index in [4.69, 9.17) is 11.6 Å². The molecule has 34 heavy (non-hydrogen) atoms. The Morgan fingerprint density at radius 3 is 2.68 bits per heavy atom. The van der Waals surface area contributed by atoms with Gasteiger partial charge in [0.1, 0.15) is 0 Å². The Labute approximate surface area is 204 Å². The first-order valence-electron chi connectivity index (χ1n) is 10.3. The number of aryl methyl sites for hydroxylation is 1. The maximum Gasteiger partial charge on any atom is 0.416 e.